The van der Waals surface area contributed by atoms with Gasteiger partial charge in [-0.15, -0.1) is 0 Å². The van der Waals surface area contributed by atoms with Crippen LogP contribution in [-0.4, -0.2) is 21.0 Å². The van der Waals surface area contributed by atoms with Gasteiger partial charge in [-0.05, 0) is 29.2 Å². The number of rotatable bonds is 3. The average Bonchev–Trinajstić information content (AvgIpc) is 2.38. The monoisotopic (exact) mass is 288 g/mol. The highest BCUT2D eigenvalue weighted by Gasteiger charge is 2.14. The zero-order valence-corrected chi connectivity index (χ0v) is 12.4. The van der Waals surface area contributed by atoms with E-state index in [9.17, 15) is 4.79 Å². The number of carboxylic acids is 1. The Bertz CT molecular complexity index is 619. The summed E-state index contributed by atoms with van der Waals surface area (Å²) >= 11 is 1.35. The second-order valence-corrected chi connectivity index (χ2v) is 6.47. The third-order valence-corrected chi connectivity index (χ3v) is 3.68. The molecule has 0 bridgehead atoms. The lowest BCUT2D eigenvalue weighted by Gasteiger charge is -2.18. The van der Waals surface area contributed by atoms with Crippen LogP contribution in [0.2, 0.25) is 0 Å². The third kappa shape index (κ3) is 3.57. The van der Waals surface area contributed by atoms with Gasteiger partial charge in [0.1, 0.15) is 10.1 Å². The SMILES string of the molecule is CC(C)(C)c1ccc(Sc2cc(C(=O)O)ccn2)nc1. The summed E-state index contributed by atoms with van der Waals surface area (Å²) in [6, 6.07) is 6.99. The molecule has 5 heteroatoms. The summed E-state index contributed by atoms with van der Waals surface area (Å²) in [7, 11) is 0. The van der Waals surface area contributed by atoms with Crippen molar-refractivity contribution in [3.05, 3.63) is 47.8 Å². The molecule has 0 aliphatic heterocycles. The lowest BCUT2D eigenvalue weighted by molar-refractivity contribution is 0.0696. The Morgan fingerprint density at radius 1 is 1.15 bits per heavy atom. The molecule has 1 N–H and O–H groups in total. The van der Waals surface area contributed by atoms with Crippen molar-refractivity contribution < 1.29 is 9.90 Å². The number of aromatic nitrogens is 2. The molecule has 2 heterocycles. The maximum atomic E-state index is 10.9. The van der Waals surface area contributed by atoms with E-state index in [4.69, 9.17) is 5.11 Å². The maximum absolute atomic E-state index is 10.9. The largest absolute Gasteiger partial charge is 0.478 e. The minimum absolute atomic E-state index is 0.0671. The highest BCUT2D eigenvalue weighted by molar-refractivity contribution is 7.99. The topological polar surface area (TPSA) is 63.1 Å². The zero-order valence-electron chi connectivity index (χ0n) is 11.6. The molecule has 2 aromatic rings. The molecule has 0 spiro atoms. The Hall–Kier alpha value is -1.88. The first-order chi connectivity index (χ1) is 9.36. The molecular formula is C15H16N2O2S. The summed E-state index contributed by atoms with van der Waals surface area (Å²) in [6.45, 7) is 6.40. The number of nitrogens with zero attached hydrogens (tertiary/aromatic N) is 2. The molecule has 0 unspecified atom stereocenters. The fourth-order valence-corrected chi connectivity index (χ4v) is 2.34. The molecule has 0 fully saturated rings. The summed E-state index contributed by atoms with van der Waals surface area (Å²) < 4.78 is 0. The Morgan fingerprint density at radius 2 is 1.90 bits per heavy atom. The highest BCUT2D eigenvalue weighted by Crippen LogP contribution is 2.27. The highest BCUT2D eigenvalue weighted by atomic mass is 32.2. The van der Waals surface area contributed by atoms with Gasteiger partial charge in [-0.25, -0.2) is 14.8 Å². The summed E-state index contributed by atoms with van der Waals surface area (Å²) in [5, 5.41) is 10.4. The Morgan fingerprint density at radius 3 is 2.45 bits per heavy atom. The average molecular weight is 288 g/mol. The molecule has 0 amide bonds. The minimum Gasteiger partial charge on any atom is -0.478 e. The van der Waals surface area contributed by atoms with Crippen molar-refractivity contribution in [2.45, 2.75) is 36.2 Å². The van der Waals surface area contributed by atoms with Crippen LogP contribution < -0.4 is 0 Å². The predicted octanol–water partition coefficient (Wildman–Crippen LogP) is 3.62. The first-order valence-corrected chi connectivity index (χ1v) is 7.01. The molecule has 0 aliphatic carbocycles. The van der Waals surface area contributed by atoms with Crippen molar-refractivity contribution >= 4 is 17.7 Å². The van der Waals surface area contributed by atoms with Crippen molar-refractivity contribution in [2.75, 3.05) is 0 Å². The molecule has 20 heavy (non-hydrogen) atoms. The number of carboxylic acid groups (broad SMARTS) is 1. The smallest absolute Gasteiger partial charge is 0.335 e. The molecule has 4 nitrogen and oxygen atoms in total. The molecule has 104 valence electrons. The minimum atomic E-state index is -0.953. The van der Waals surface area contributed by atoms with Crippen LogP contribution in [0.25, 0.3) is 0 Å². The van der Waals surface area contributed by atoms with Crippen molar-refractivity contribution in [1.82, 2.24) is 9.97 Å². The van der Waals surface area contributed by atoms with Crippen LogP contribution in [-0.2, 0) is 5.41 Å². The zero-order chi connectivity index (χ0) is 14.8. The van der Waals surface area contributed by atoms with Crippen molar-refractivity contribution in [3.8, 4) is 0 Å². The molecule has 0 saturated heterocycles. The Balaban J connectivity index is 2.18. The van der Waals surface area contributed by atoms with Gasteiger partial charge in [0.2, 0.25) is 0 Å². The van der Waals surface area contributed by atoms with E-state index in [1.54, 1.807) is 6.07 Å². The molecule has 0 atom stereocenters. The van der Waals surface area contributed by atoms with Crippen LogP contribution in [0.4, 0.5) is 0 Å². The molecule has 0 aliphatic rings. The van der Waals surface area contributed by atoms with Gasteiger partial charge in [-0.3, -0.25) is 0 Å². The first kappa shape index (κ1) is 14.5. The van der Waals surface area contributed by atoms with Gasteiger partial charge in [0.15, 0.2) is 0 Å². The summed E-state index contributed by atoms with van der Waals surface area (Å²) in [5.74, 6) is -0.953. The Labute approximate surface area is 122 Å². The van der Waals surface area contributed by atoms with Crippen LogP contribution in [0, 0.1) is 0 Å². The van der Waals surface area contributed by atoms with Crippen molar-refractivity contribution in [3.63, 3.8) is 0 Å². The van der Waals surface area contributed by atoms with Crippen LogP contribution in [0.1, 0.15) is 36.7 Å². The second-order valence-electron chi connectivity index (χ2n) is 5.43. The Kier molecular flexibility index (Phi) is 4.09. The van der Waals surface area contributed by atoms with Gasteiger partial charge < -0.3 is 5.11 Å². The first-order valence-electron chi connectivity index (χ1n) is 6.20. The predicted molar refractivity (Wildman–Crippen MR) is 78.3 cm³/mol. The second kappa shape index (κ2) is 5.63. The number of carbonyl (C=O) groups is 1. The summed E-state index contributed by atoms with van der Waals surface area (Å²) in [6.07, 6.45) is 3.35. The quantitative estimate of drug-likeness (QED) is 0.934. The summed E-state index contributed by atoms with van der Waals surface area (Å²) in [4.78, 5) is 19.4. The van der Waals surface area contributed by atoms with Gasteiger partial charge in [0, 0.05) is 12.4 Å². The lowest BCUT2D eigenvalue weighted by Crippen LogP contribution is -2.11. The van der Waals surface area contributed by atoms with Gasteiger partial charge in [0.05, 0.1) is 5.56 Å². The lowest BCUT2D eigenvalue weighted by atomic mass is 9.88. The van der Waals surface area contributed by atoms with Gasteiger partial charge in [0.25, 0.3) is 0 Å². The van der Waals surface area contributed by atoms with E-state index < -0.39 is 5.97 Å². The van der Waals surface area contributed by atoms with Crippen LogP contribution in [0.3, 0.4) is 0 Å². The van der Waals surface area contributed by atoms with Crippen molar-refractivity contribution in [1.29, 1.82) is 0 Å². The van der Waals surface area contributed by atoms with E-state index in [2.05, 4.69) is 30.7 Å². The van der Waals surface area contributed by atoms with Crippen LogP contribution in [0.15, 0.2) is 46.7 Å². The van der Waals surface area contributed by atoms with Gasteiger partial charge in [-0.1, -0.05) is 38.6 Å². The van der Waals surface area contributed by atoms with E-state index in [-0.39, 0.29) is 11.0 Å². The summed E-state index contributed by atoms with van der Waals surface area (Å²) in [5.41, 5.74) is 1.46. The van der Waals surface area contributed by atoms with E-state index in [1.807, 2.05) is 18.3 Å². The van der Waals surface area contributed by atoms with E-state index in [0.717, 1.165) is 10.6 Å². The number of hydrogen-bond acceptors (Lipinski definition) is 4. The molecule has 0 aromatic carbocycles. The van der Waals surface area contributed by atoms with Crippen LogP contribution in [0.5, 0.6) is 0 Å². The van der Waals surface area contributed by atoms with E-state index in [1.165, 1.54) is 24.0 Å². The van der Waals surface area contributed by atoms with Gasteiger partial charge in [-0.2, -0.15) is 0 Å². The number of pyridine rings is 2. The fraction of sp³-hybridized carbons (Fsp3) is 0.267. The number of aromatic carboxylic acids is 1. The standard InChI is InChI=1S/C15H16N2O2S/c1-15(2,3)11-4-5-12(17-9-11)20-13-8-10(14(18)19)6-7-16-13/h4-9H,1-3H3,(H,18,19). The van der Waals surface area contributed by atoms with E-state index in [0.29, 0.717) is 5.03 Å². The molecular weight excluding hydrogens is 272 g/mol. The van der Waals surface area contributed by atoms with E-state index >= 15 is 0 Å². The van der Waals surface area contributed by atoms with Crippen molar-refractivity contribution in [2.24, 2.45) is 0 Å². The van der Waals surface area contributed by atoms with Gasteiger partial charge >= 0.3 is 5.97 Å². The molecule has 2 rings (SSSR count). The molecule has 2 aromatic heterocycles. The normalized spacial score (nSPS) is 11.3. The maximum Gasteiger partial charge on any atom is 0.335 e. The number of hydrogen-bond donors (Lipinski definition) is 1. The molecule has 0 radical (unpaired) electrons. The molecule has 0 saturated carbocycles. The third-order valence-electron chi connectivity index (χ3n) is 2.79. The van der Waals surface area contributed by atoms with Crippen LogP contribution >= 0.6 is 11.8 Å². The fourth-order valence-electron chi connectivity index (χ4n) is 1.59.